The molecule has 21 heavy (non-hydrogen) atoms. The molecule has 4 heteroatoms. The van der Waals surface area contributed by atoms with Crippen molar-refractivity contribution in [1.29, 1.82) is 0 Å². The van der Waals surface area contributed by atoms with Gasteiger partial charge in [0.15, 0.2) is 0 Å². The Morgan fingerprint density at radius 2 is 1.67 bits per heavy atom. The molecule has 0 fully saturated rings. The molecule has 0 saturated heterocycles. The van der Waals surface area contributed by atoms with Crippen molar-refractivity contribution in [2.75, 3.05) is 17.2 Å². The van der Waals surface area contributed by atoms with Gasteiger partial charge in [0, 0.05) is 17.9 Å². The van der Waals surface area contributed by atoms with Crippen molar-refractivity contribution in [2.45, 2.75) is 13.8 Å². The number of amides is 1. The third kappa shape index (κ3) is 4.50. The van der Waals surface area contributed by atoms with Crippen molar-refractivity contribution in [3.8, 4) is 0 Å². The first kappa shape index (κ1) is 15.4. The zero-order valence-corrected chi connectivity index (χ0v) is 12.9. The lowest BCUT2D eigenvalue weighted by Gasteiger charge is -2.10. The molecule has 1 amide bonds. The Balaban J connectivity index is 2.00. The Hall–Kier alpha value is -2.00. The first-order valence-electron chi connectivity index (χ1n) is 6.96. The van der Waals surface area contributed by atoms with Crippen LogP contribution in [0.25, 0.3) is 0 Å². The molecule has 0 bridgehead atoms. The molecule has 0 aliphatic rings. The molecule has 0 aliphatic heterocycles. The van der Waals surface area contributed by atoms with E-state index in [-0.39, 0.29) is 5.91 Å². The average Bonchev–Trinajstić information content (AvgIpc) is 2.47. The van der Waals surface area contributed by atoms with Crippen LogP contribution in [0.3, 0.4) is 0 Å². The van der Waals surface area contributed by atoms with Gasteiger partial charge >= 0.3 is 0 Å². The van der Waals surface area contributed by atoms with Gasteiger partial charge in [-0.15, -0.1) is 0 Å². The SMILES string of the molecule is CC(C)CNc1ccc(NC(=O)c2ccccc2Cl)cc1. The monoisotopic (exact) mass is 302 g/mol. The highest BCUT2D eigenvalue weighted by Gasteiger charge is 2.09. The van der Waals surface area contributed by atoms with Crippen molar-refractivity contribution < 1.29 is 4.79 Å². The Labute approximate surface area is 130 Å². The highest BCUT2D eigenvalue weighted by molar-refractivity contribution is 6.34. The zero-order valence-electron chi connectivity index (χ0n) is 12.2. The van der Waals surface area contributed by atoms with E-state index in [9.17, 15) is 4.79 Å². The Morgan fingerprint density at radius 3 is 2.29 bits per heavy atom. The van der Waals surface area contributed by atoms with Crippen molar-refractivity contribution in [3.63, 3.8) is 0 Å². The molecular weight excluding hydrogens is 284 g/mol. The minimum atomic E-state index is -0.205. The van der Waals surface area contributed by atoms with Crippen LogP contribution in [0.15, 0.2) is 48.5 Å². The molecule has 0 unspecified atom stereocenters. The van der Waals surface area contributed by atoms with Crippen LogP contribution < -0.4 is 10.6 Å². The number of halogens is 1. The van der Waals surface area contributed by atoms with Crippen molar-refractivity contribution in [2.24, 2.45) is 5.92 Å². The van der Waals surface area contributed by atoms with Crippen molar-refractivity contribution >= 4 is 28.9 Å². The fourth-order valence-corrected chi connectivity index (χ4v) is 2.06. The second-order valence-electron chi connectivity index (χ2n) is 5.29. The van der Waals surface area contributed by atoms with E-state index in [1.807, 2.05) is 24.3 Å². The molecule has 0 radical (unpaired) electrons. The van der Waals surface area contributed by atoms with Crippen LogP contribution >= 0.6 is 11.6 Å². The molecule has 2 aromatic rings. The van der Waals surface area contributed by atoms with E-state index in [0.717, 1.165) is 17.9 Å². The Bertz CT molecular complexity index is 608. The molecule has 2 rings (SSSR count). The standard InChI is InChI=1S/C17H19ClN2O/c1-12(2)11-19-13-7-9-14(10-8-13)20-17(21)15-5-3-4-6-16(15)18/h3-10,12,19H,11H2,1-2H3,(H,20,21). The summed E-state index contributed by atoms with van der Waals surface area (Å²) >= 11 is 6.01. The Kier molecular flexibility index (Phi) is 5.23. The maximum Gasteiger partial charge on any atom is 0.257 e. The molecular formula is C17H19ClN2O. The van der Waals surface area contributed by atoms with Gasteiger partial charge in [-0.25, -0.2) is 0 Å². The second-order valence-corrected chi connectivity index (χ2v) is 5.69. The van der Waals surface area contributed by atoms with Crippen LogP contribution in [-0.2, 0) is 0 Å². The molecule has 0 aromatic heterocycles. The van der Waals surface area contributed by atoms with E-state index in [1.54, 1.807) is 24.3 Å². The molecule has 0 saturated carbocycles. The molecule has 0 atom stereocenters. The molecule has 3 nitrogen and oxygen atoms in total. The second kappa shape index (κ2) is 7.14. The molecule has 0 aliphatic carbocycles. The number of rotatable bonds is 5. The van der Waals surface area contributed by atoms with Gasteiger partial charge < -0.3 is 10.6 Å². The lowest BCUT2D eigenvalue weighted by Crippen LogP contribution is -2.12. The lowest BCUT2D eigenvalue weighted by atomic mass is 10.2. The summed E-state index contributed by atoms with van der Waals surface area (Å²) in [6.07, 6.45) is 0. The number of hydrogen-bond acceptors (Lipinski definition) is 2. The summed E-state index contributed by atoms with van der Waals surface area (Å²) in [7, 11) is 0. The van der Waals surface area contributed by atoms with E-state index in [4.69, 9.17) is 11.6 Å². The fourth-order valence-electron chi connectivity index (χ4n) is 1.84. The van der Waals surface area contributed by atoms with Gasteiger partial charge in [0.05, 0.1) is 10.6 Å². The quantitative estimate of drug-likeness (QED) is 0.843. The topological polar surface area (TPSA) is 41.1 Å². The number of anilines is 2. The number of benzene rings is 2. The first-order chi connectivity index (χ1) is 10.1. The van der Waals surface area contributed by atoms with Gasteiger partial charge in [-0.3, -0.25) is 4.79 Å². The minimum Gasteiger partial charge on any atom is -0.385 e. The summed E-state index contributed by atoms with van der Waals surface area (Å²) in [6, 6.07) is 14.6. The number of hydrogen-bond donors (Lipinski definition) is 2. The van der Waals surface area contributed by atoms with Crippen molar-refractivity contribution in [3.05, 3.63) is 59.1 Å². The van der Waals surface area contributed by atoms with E-state index >= 15 is 0 Å². The summed E-state index contributed by atoms with van der Waals surface area (Å²) in [4.78, 5) is 12.1. The van der Waals surface area contributed by atoms with Gasteiger partial charge in [0.2, 0.25) is 0 Å². The molecule has 2 aromatic carbocycles. The molecule has 110 valence electrons. The molecule has 0 spiro atoms. The number of carbonyl (C=O) groups excluding carboxylic acids is 1. The van der Waals surface area contributed by atoms with Crippen LogP contribution in [0, 0.1) is 5.92 Å². The Morgan fingerprint density at radius 1 is 1.05 bits per heavy atom. The number of nitrogens with one attached hydrogen (secondary N) is 2. The lowest BCUT2D eigenvalue weighted by molar-refractivity contribution is 0.102. The predicted molar refractivity (Wildman–Crippen MR) is 89.2 cm³/mol. The summed E-state index contributed by atoms with van der Waals surface area (Å²) < 4.78 is 0. The van der Waals surface area contributed by atoms with Gasteiger partial charge in [-0.1, -0.05) is 37.6 Å². The minimum absolute atomic E-state index is 0.205. The van der Waals surface area contributed by atoms with Gasteiger partial charge in [-0.2, -0.15) is 0 Å². The van der Waals surface area contributed by atoms with Gasteiger partial charge in [0.1, 0.15) is 0 Å². The summed E-state index contributed by atoms with van der Waals surface area (Å²) in [5.41, 5.74) is 2.26. The van der Waals surface area contributed by atoms with Gasteiger partial charge in [-0.05, 0) is 42.3 Å². The molecule has 0 heterocycles. The highest BCUT2D eigenvalue weighted by atomic mass is 35.5. The maximum absolute atomic E-state index is 12.1. The number of carbonyl (C=O) groups is 1. The zero-order chi connectivity index (χ0) is 15.2. The van der Waals surface area contributed by atoms with E-state index in [1.165, 1.54) is 0 Å². The van der Waals surface area contributed by atoms with Crippen LogP contribution in [-0.4, -0.2) is 12.5 Å². The smallest absolute Gasteiger partial charge is 0.257 e. The predicted octanol–water partition coefficient (Wildman–Crippen LogP) is 4.66. The average molecular weight is 303 g/mol. The van der Waals surface area contributed by atoms with E-state index in [0.29, 0.717) is 16.5 Å². The normalized spacial score (nSPS) is 10.5. The first-order valence-corrected chi connectivity index (χ1v) is 7.34. The van der Waals surface area contributed by atoms with Crippen molar-refractivity contribution in [1.82, 2.24) is 0 Å². The highest BCUT2D eigenvalue weighted by Crippen LogP contribution is 2.18. The van der Waals surface area contributed by atoms with Crippen LogP contribution in [0.2, 0.25) is 5.02 Å². The van der Waals surface area contributed by atoms with Crippen LogP contribution in [0.4, 0.5) is 11.4 Å². The summed E-state index contributed by atoms with van der Waals surface area (Å²) in [5, 5.41) is 6.62. The van der Waals surface area contributed by atoms with Gasteiger partial charge in [0.25, 0.3) is 5.91 Å². The van der Waals surface area contributed by atoms with Crippen LogP contribution in [0.5, 0.6) is 0 Å². The third-order valence-corrected chi connectivity index (χ3v) is 3.31. The van der Waals surface area contributed by atoms with Crippen LogP contribution in [0.1, 0.15) is 24.2 Å². The fraction of sp³-hybridized carbons (Fsp3) is 0.235. The van der Waals surface area contributed by atoms with E-state index in [2.05, 4.69) is 24.5 Å². The third-order valence-electron chi connectivity index (χ3n) is 2.98. The maximum atomic E-state index is 12.1. The molecule has 2 N–H and O–H groups in total. The van der Waals surface area contributed by atoms with E-state index < -0.39 is 0 Å². The summed E-state index contributed by atoms with van der Waals surface area (Å²) in [5.74, 6) is 0.382. The largest absolute Gasteiger partial charge is 0.385 e. The summed E-state index contributed by atoms with van der Waals surface area (Å²) in [6.45, 7) is 5.24.